The topological polar surface area (TPSA) is 90.3 Å². The molecule has 9 heteroatoms. The van der Waals surface area contributed by atoms with Crippen LogP contribution >= 0.6 is 12.4 Å². The highest BCUT2D eigenvalue weighted by atomic mass is 35.5. The minimum atomic E-state index is -0.272. The molecule has 2 heterocycles. The van der Waals surface area contributed by atoms with Crippen LogP contribution in [0.1, 0.15) is 53.6 Å². The van der Waals surface area contributed by atoms with E-state index in [1.165, 1.54) is 0 Å². The van der Waals surface area contributed by atoms with Crippen molar-refractivity contribution in [1.82, 2.24) is 25.6 Å². The molecule has 3 rings (SSSR count). The number of methoxy groups -OCH3 is 2. The molecule has 2 N–H and O–H groups in total. The van der Waals surface area contributed by atoms with Crippen molar-refractivity contribution in [2.75, 3.05) is 27.3 Å². The summed E-state index contributed by atoms with van der Waals surface area (Å²) in [6.45, 7) is 5.71. The van der Waals surface area contributed by atoms with Crippen LogP contribution in [0.4, 0.5) is 0 Å². The number of carbonyl (C=O) groups is 1. The van der Waals surface area contributed by atoms with E-state index in [0.717, 1.165) is 37.2 Å². The average Bonchev–Trinajstić information content (AvgIpc) is 3.09. The summed E-state index contributed by atoms with van der Waals surface area (Å²) in [7, 11) is 3.21. The molecule has 1 aliphatic heterocycles. The molecule has 1 saturated heterocycles. The highest BCUT2D eigenvalue weighted by Crippen LogP contribution is 2.29. The standard InChI is InChI=1S/C19H27N5O3.ClH/c1-12(16-11-15(26-3)5-6-17(16)27-4)21-19(25)18-13(2)24(23-22-18)14-7-9-20-10-8-14;/h5-6,11-12,14,20H,7-10H2,1-4H3,(H,21,25);1H. The average molecular weight is 410 g/mol. The first-order chi connectivity index (χ1) is 13.0. The summed E-state index contributed by atoms with van der Waals surface area (Å²) in [5.74, 6) is 1.16. The van der Waals surface area contributed by atoms with Gasteiger partial charge in [0.2, 0.25) is 0 Å². The summed E-state index contributed by atoms with van der Waals surface area (Å²) in [6.07, 6.45) is 1.98. The van der Waals surface area contributed by atoms with Crippen molar-refractivity contribution >= 4 is 18.3 Å². The van der Waals surface area contributed by atoms with Crippen molar-refractivity contribution in [3.8, 4) is 11.5 Å². The largest absolute Gasteiger partial charge is 0.497 e. The summed E-state index contributed by atoms with van der Waals surface area (Å²) < 4.78 is 12.6. The number of hydrogen-bond acceptors (Lipinski definition) is 6. The van der Waals surface area contributed by atoms with Gasteiger partial charge in [0.1, 0.15) is 11.5 Å². The van der Waals surface area contributed by atoms with E-state index in [0.29, 0.717) is 17.2 Å². The maximum absolute atomic E-state index is 12.8. The molecular formula is C19H28ClN5O3. The predicted octanol–water partition coefficient (Wildman–Crippen LogP) is 2.44. The zero-order valence-corrected chi connectivity index (χ0v) is 17.5. The first kappa shape index (κ1) is 22.0. The molecule has 1 aliphatic rings. The monoisotopic (exact) mass is 409 g/mol. The Kier molecular flexibility index (Phi) is 7.65. The van der Waals surface area contributed by atoms with Gasteiger partial charge in [-0.1, -0.05) is 5.21 Å². The van der Waals surface area contributed by atoms with Crippen LogP contribution in [0.3, 0.4) is 0 Å². The zero-order chi connectivity index (χ0) is 19.4. The number of nitrogens with zero attached hydrogens (tertiary/aromatic N) is 3. The Balaban J connectivity index is 0.00000280. The van der Waals surface area contributed by atoms with E-state index in [4.69, 9.17) is 9.47 Å². The van der Waals surface area contributed by atoms with Gasteiger partial charge in [0.25, 0.3) is 5.91 Å². The van der Waals surface area contributed by atoms with Crippen LogP contribution in [0.15, 0.2) is 18.2 Å². The van der Waals surface area contributed by atoms with E-state index >= 15 is 0 Å². The van der Waals surface area contributed by atoms with Crippen LogP contribution in [0.2, 0.25) is 0 Å². The smallest absolute Gasteiger partial charge is 0.274 e. The second-order valence-corrected chi connectivity index (χ2v) is 6.75. The lowest BCUT2D eigenvalue weighted by molar-refractivity contribution is 0.0933. The number of hydrogen-bond donors (Lipinski definition) is 2. The summed E-state index contributed by atoms with van der Waals surface area (Å²) in [4.78, 5) is 12.8. The minimum Gasteiger partial charge on any atom is -0.497 e. The third-order valence-corrected chi connectivity index (χ3v) is 5.05. The number of nitrogens with one attached hydrogen (secondary N) is 2. The molecule has 0 bridgehead atoms. The fourth-order valence-electron chi connectivity index (χ4n) is 3.47. The third kappa shape index (κ3) is 4.56. The molecule has 154 valence electrons. The van der Waals surface area contributed by atoms with Gasteiger partial charge in [0.05, 0.1) is 32.0 Å². The van der Waals surface area contributed by atoms with Crippen molar-refractivity contribution in [2.45, 2.75) is 38.8 Å². The van der Waals surface area contributed by atoms with Gasteiger partial charge in [0, 0.05) is 5.56 Å². The van der Waals surface area contributed by atoms with Crippen molar-refractivity contribution < 1.29 is 14.3 Å². The van der Waals surface area contributed by atoms with Gasteiger partial charge in [-0.2, -0.15) is 0 Å². The first-order valence-corrected chi connectivity index (χ1v) is 9.20. The number of aromatic nitrogens is 3. The molecule has 0 radical (unpaired) electrons. The highest BCUT2D eigenvalue weighted by molar-refractivity contribution is 5.93. The Bertz CT molecular complexity index is 805. The Hall–Kier alpha value is -2.32. The molecule has 0 aliphatic carbocycles. The minimum absolute atomic E-state index is 0. The molecule has 0 spiro atoms. The second kappa shape index (κ2) is 9.75. The molecule has 28 heavy (non-hydrogen) atoms. The third-order valence-electron chi connectivity index (χ3n) is 5.05. The predicted molar refractivity (Wildman–Crippen MR) is 109 cm³/mol. The molecular weight excluding hydrogens is 382 g/mol. The fraction of sp³-hybridized carbons (Fsp3) is 0.526. The van der Waals surface area contributed by atoms with Gasteiger partial charge >= 0.3 is 0 Å². The van der Waals surface area contributed by atoms with E-state index in [2.05, 4.69) is 20.9 Å². The van der Waals surface area contributed by atoms with E-state index < -0.39 is 0 Å². The van der Waals surface area contributed by atoms with Crippen LogP contribution in [-0.4, -0.2) is 48.2 Å². The second-order valence-electron chi connectivity index (χ2n) is 6.75. The Morgan fingerprint density at radius 3 is 2.64 bits per heavy atom. The van der Waals surface area contributed by atoms with Gasteiger partial charge in [-0.3, -0.25) is 4.79 Å². The fourth-order valence-corrected chi connectivity index (χ4v) is 3.47. The Labute approximate surface area is 171 Å². The first-order valence-electron chi connectivity index (χ1n) is 9.20. The molecule has 2 aromatic rings. The molecule has 1 fully saturated rings. The molecule has 1 amide bonds. The van der Waals surface area contributed by atoms with Crippen LogP contribution in [0, 0.1) is 6.92 Å². The maximum Gasteiger partial charge on any atom is 0.274 e. The number of benzene rings is 1. The van der Waals surface area contributed by atoms with Gasteiger partial charge in [-0.25, -0.2) is 4.68 Å². The van der Waals surface area contributed by atoms with E-state index in [1.807, 2.05) is 36.7 Å². The molecule has 1 aromatic carbocycles. The van der Waals surface area contributed by atoms with Crippen molar-refractivity contribution in [3.05, 3.63) is 35.2 Å². The molecule has 1 aromatic heterocycles. The summed E-state index contributed by atoms with van der Waals surface area (Å²) in [6, 6.07) is 5.53. The van der Waals surface area contributed by atoms with E-state index in [-0.39, 0.29) is 30.4 Å². The van der Waals surface area contributed by atoms with Crippen molar-refractivity contribution in [3.63, 3.8) is 0 Å². The molecule has 8 nitrogen and oxygen atoms in total. The van der Waals surface area contributed by atoms with Gasteiger partial charge in [0.15, 0.2) is 5.69 Å². The lowest BCUT2D eigenvalue weighted by atomic mass is 10.1. The number of piperidine rings is 1. The van der Waals surface area contributed by atoms with Crippen molar-refractivity contribution in [1.29, 1.82) is 0 Å². The van der Waals surface area contributed by atoms with Gasteiger partial charge in [-0.05, 0) is 58.0 Å². The SMILES string of the molecule is COc1ccc(OC)c(C(C)NC(=O)c2nnn(C3CCNCC3)c2C)c1.Cl. The van der Waals surface area contributed by atoms with Crippen LogP contribution in [-0.2, 0) is 0 Å². The van der Waals surface area contributed by atoms with Crippen LogP contribution in [0.25, 0.3) is 0 Å². The molecule has 0 saturated carbocycles. The number of halogens is 1. The molecule has 1 unspecified atom stereocenters. The van der Waals surface area contributed by atoms with E-state index in [9.17, 15) is 4.79 Å². The Morgan fingerprint density at radius 1 is 1.29 bits per heavy atom. The molecule has 1 atom stereocenters. The lowest BCUT2D eigenvalue weighted by Crippen LogP contribution is -2.31. The number of carbonyl (C=O) groups excluding carboxylic acids is 1. The maximum atomic E-state index is 12.8. The number of rotatable bonds is 6. The number of amides is 1. The highest BCUT2D eigenvalue weighted by Gasteiger charge is 2.24. The quantitative estimate of drug-likeness (QED) is 0.761. The number of ether oxygens (including phenoxy) is 2. The Morgan fingerprint density at radius 2 is 2.00 bits per heavy atom. The van der Waals surface area contributed by atoms with Gasteiger partial charge < -0.3 is 20.1 Å². The van der Waals surface area contributed by atoms with Crippen LogP contribution in [0.5, 0.6) is 11.5 Å². The van der Waals surface area contributed by atoms with Gasteiger partial charge in [-0.15, -0.1) is 17.5 Å². The lowest BCUT2D eigenvalue weighted by Gasteiger charge is -2.23. The zero-order valence-electron chi connectivity index (χ0n) is 16.7. The normalized spacial score (nSPS) is 15.4. The van der Waals surface area contributed by atoms with Crippen LogP contribution < -0.4 is 20.1 Å². The van der Waals surface area contributed by atoms with E-state index in [1.54, 1.807) is 14.2 Å². The summed E-state index contributed by atoms with van der Waals surface area (Å²) in [5, 5.41) is 14.7. The van der Waals surface area contributed by atoms with Crippen molar-refractivity contribution in [2.24, 2.45) is 0 Å². The summed E-state index contributed by atoms with van der Waals surface area (Å²) >= 11 is 0. The summed E-state index contributed by atoms with van der Waals surface area (Å²) in [5.41, 5.74) is 2.00.